The van der Waals surface area contributed by atoms with Crippen molar-refractivity contribution in [1.29, 1.82) is 10.5 Å². The molecule has 0 saturated heterocycles. The van der Waals surface area contributed by atoms with E-state index in [1.165, 1.54) is 9.80 Å². The van der Waals surface area contributed by atoms with Crippen LogP contribution in [0, 0.1) is 22.7 Å². The SMILES string of the molecule is CN(C(=O)CN(CC#N)CC#N)c1ccc(N)cc1. The third kappa shape index (κ3) is 4.30. The predicted molar refractivity (Wildman–Crippen MR) is 71.9 cm³/mol. The van der Waals surface area contributed by atoms with Gasteiger partial charge in [-0.05, 0) is 24.3 Å². The zero-order valence-corrected chi connectivity index (χ0v) is 10.7. The molecule has 2 N–H and O–H groups in total. The lowest BCUT2D eigenvalue weighted by Crippen LogP contribution is -2.38. The van der Waals surface area contributed by atoms with Crippen molar-refractivity contribution in [1.82, 2.24) is 4.90 Å². The number of anilines is 2. The molecule has 0 heterocycles. The number of nitrogens with two attached hydrogens (primary N) is 1. The van der Waals surface area contributed by atoms with Crippen LogP contribution in [0.2, 0.25) is 0 Å². The van der Waals surface area contributed by atoms with Crippen LogP contribution >= 0.6 is 0 Å². The second-order valence-corrected chi connectivity index (χ2v) is 4.01. The van der Waals surface area contributed by atoms with Crippen molar-refractivity contribution in [3.8, 4) is 12.1 Å². The summed E-state index contributed by atoms with van der Waals surface area (Å²) in [6.45, 7) is 0.131. The number of carbonyl (C=O) groups excluding carboxylic acids is 1. The summed E-state index contributed by atoms with van der Waals surface area (Å²) >= 11 is 0. The molecule has 0 atom stereocenters. The molecule has 1 rings (SSSR count). The van der Waals surface area contributed by atoms with Crippen molar-refractivity contribution in [2.75, 3.05) is 37.3 Å². The standard InChI is InChI=1S/C13H15N5O/c1-17(12-4-2-11(16)3-5-12)13(19)10-18(8-6-14)9-7-15/h2-5H,8-10,16H2,1H3. The van der Waals surface area contributed by atoms with Gasteiger partial charge >= 0.3 is 0 Å². The number of benzene rings is 1. The average Bonchev–Trinajstić information content (AvgIpc) is 2.39. The summed E-state index contributed by atoms with van der Waals surface area (Å²) < 4.78 is 0. The molecule has 0 aliphatic heterocycles. The number of likely N-dealkylation sites (N-methyl/N-ethyl adjacent to an activating group) is 1. The Morgan fingerprint density at radius 1 is 1.21 bits per heavy atom. The van der Waals surface area contributed by atoms with Gasteiger partial charge in [-0.15, -0.1) is 0 Å². The molecule has 0 aliphatic rings. The summed E-state index contributed by atoms with van der Waals surface area (Å²) in [5.74, 6) is -0.185. The topological polar surface area (TPSA) is 97.1 Å². The van der Waals surface area contributed by atoms with Crippen molar-refractivity contribution in [3.05, 3.63) is 24.3 Å². The maximum atomic E-state index is 12.0. The number of nitriles is 2. The molecule has 0 fully saturated rings. The van der Waals surface area contributed by atoms with Gasteiger partial charge in [0, 0.05) is 18.4 Å². The van der Waals surface area contributed by atoms with Crippen LogP contribution in [0.4, 0.5) is 11.4 Å². The van der Waals surface area contributed by atoms with Crippen molar-refractivity contribution in [2.45, 2.75) is 0 Å². The molecule has 6 heteroatoms. The first-order valence-corrected chi connectivity index (χ1v) is 5.67. The van der Waals surface area contributed by atoms with E-state index in [4.69, 9.17) is 16.3 Å². The summed E-state index contributed by atoms with van der Waals surface area (Å²) in [5, 5.41) is 17.2. The molecular weight excluding hydrogens is 242 g/mol. The van der Waals surface area contributed by atoms with Gasteiger partial charge in [0.1, 0.15) is 0 Å². The van der Waals surface area contributed by atoms with Crippen LogP contribution in [0.1, 0.15) is 0 Å². The lowest BCUT2D eigenvalue weighted by atomic mass is 10.2. The Hall–Kier alpha value is -2.57. The normalized spacial score (nSPS) is 9.68. The number of hydrogen-bond acceptors (Lipinski definition) is 5. The first-order valence-electron chi connectivity index (χ1n) is 5.67. The van der Waals surface area contributed by atoms with Gasteiger partial charge in [0.2, 0.25) is 5.91 Å². The molecule has 6 nitrogen and oxygen atoms in total. The van der Waals surface area contributed by atoms with E-state index in [1.807, 2.05) is 12.1 Å². The van der Waals surface area contributed by atoms with E-state index >= 15 is 0 Å². The highest BCUT2D eigenvalue weighted by Gasteiger charge is 2.15. The van der Waals surface area contributed by atoms with Gasteiger partial charge < -0.3 is 10.6 Å². The molecule has 19 heavy (non-hydrogen) atoms. The fraction of sp³-hybridized carbons (Fsp3) is 0.308. The lowest BCUT2D eigenvalue weighted by molar-refractivity contribution is -0.119. The third-order valence-electron chi connectivity index (χ3n) is 2.60. The molecule has 0 bridgehead atoms. The Labute approximate surface area is 112 Å². The first-order chi connectivity index (χ1) is 9.08. The second kappa shape index (κ2) is 7.00. The maximum absolute atomic E-state index is 12.0. The minimum absolute atomic E-state index is 0.0298. The van der Waals surface area contributed by atoms with Gasteiger partial charge in [0.15, 0.2) is 0 Å². The molecule has 1 aromatic carbocycles. The highest BCUT2D eigenvalue weighted by atomic mass is 16.2. The monoisotopic (exact) mass is 257 g/mol. The van der Waals surface area contributed by atoms with Crippen molar-refractivity contribution in [3.63, 3.8) is 0 Å². The van der Waals surface area contributed by atoms with Gasteiger partial charge in [0.25, 0.3) is 0 Å². The van der Waals surface area contributed by atoms with Crippen LogP contribution in [0.25, 0.3) is 0 Å². The maximum Gasteiger partial charge on any atom is 0.240 e. The van der Waals surface area contributed by atoms with Crippen LogP contribution in [0.3, 0.4) is 0 Å². The van der Waals surface area contributed by atoms with Crippen LogP contribution in [-0.4, -0.2) is 37.5 Å². The number of rotatable bonds is 5. The average molecular weight is 257 g/mol. The molecule has 0 aliphatic carbocycles. The van der Waals surface area contributed by atoms with Crippen molar-refractivity contribution in [2.24, 2.45) is 0 Å². The van der Waals surface area contributed by atoms with Crippen molar-refractivity contribution >= 4 is 17.3 Å². The van der Waals surface area contributed by atoms with Gasteiger partial charge in [-0.2, -0.15) is 10.5 Å². The van der Waals surface area contributed by atoms with Crippen molar-refractivity contribution < 1.29 is 4.79 Å². The summed E-state index contributed by atoms with van der Waals surface area (Å²) in [7, 11) is 1.64. The Morgan fingerprint density at radius 3 is 2.21 bits per heavy atom. The van der Waals surface area contributed by atoms with Gasteiger partial charge in [0.05, 0.1) is 31.8 Å². The van der Waals surface area contributed by atoms with Gasteiger partial charge in [-0.25, -0.2) is 0 Å². The fourth-order valence-corrected chi connectivity index (χ4v) is 1.51. The Morgan fingerprint density at radius 2 is 1.74 bits per heavy atom. The minimum atomic E-state index is -0.185. The van der Waals surface area contributed by atoms with Crippen LogP contribution in [0.15, 0.2) is 24.3 Å². The number of amides is 1. The Kier molecular flexibility index (Phi) is 5.34. The van der Waals surface area contributed by atoms with Crippen LogP contribution < -0.4 is 10.6 Å². The van der Waals surface area contributed by atoms with E-state index in [0.717, 1.165) is 0 Å². The molecule has 0 unspecified atom stereocenters. The van der Waals surface area contributed by atoms with E-state index < -0.39 is 0 Å². The van der Waals surface area contributed by atoms with Gasteiger partial charge in [-0.1, -0.05) is 0 Å². The summed E-state index contributed by atoms with van der Waals surface area (Å²) in [6, 6.07) is 10.8. The Balaban J connectivity index is 2.69. The molecule has 0 saturated carbocycles. The molecular formula is C13H15N5O. The Bertz CT molecular complexity index is 495. The number of carbonyl (C=O) groups is 1. The fourth-order valence-electron chi connectivity index (χ4n) is 1.51. The summed E-state index contributed by atoms with van der Waals surface area (Å²) in [6.07, 6.45) is 0. The zero-order chi connectivity index (χ0) is 14.3. The predicted octanol–water partition coefficient (Wildman–Crippen LogP) is 0.581. The molecule has 0 spiro atoms. The number of hydrogen-bond donors (Lipinski definition) is 1. The minimum Gasteiger partial charge on any atom is -0.399 e. The quantitative estimate of drug-likeness (QED) is 0.614. The molecule has 0 aromatic heterocycles. The largest absolute Gasteiger partial charge is 0.399 e. The zero-order valence-electron chi connectivity index (χ0n) is 10.7. The highest BCUT2D eigenvalue weighted by Crippen LogP contribution is 2.15. The molecule has 1 aromatic rings. The third-order valence-corrected chi connectivity index (χ3v) is 2.60. The second-order valence-electron chi connectivity index (χ2n) is 4.01. The summed E-state index contributed by atoms with van der Waals surface area (Å²) in [4.78, 5) is 15.0. The van der Waals surface area contributed by atoms with E-state index in [0.29, 0.717) is 11.4 Å². The summed E-state index contributed by atoms with van der Waals surface area (Å²) in [5.41, 5.74) is 6.92. The first kappa shape index (κ1) is 14.5. The van der Waals surface area contributed by atoms with E-state index in [9.17, 15) is 4.79 Å². The van der Waals surface area contributed by atoms with E-state index in [2.05, 4.69) is 0 Å². The van der Waals surface area contributed by atoms with Gasteiger partial charge in [-0.3, -0.25) is 9.69 Å². The lowest BCUT2D eigenvalue weighted by Gasteiger charge is -2.21. The highest BCUT2D eigenvalue weighted by molar-refractivity contribution is 5.94. The van der Waals surface area contributed by atoms with E-state index in [-0.39, 0.29) is 25.5 Å². The smallest absolute Gasteiger partial charge is 0.240 e. The molecule has 1 amide bonds. The van der Waals surface area contributed by atoms with Crippen LogP contribution in [0.5, 0.6) is 0 Å². The number of nitrogens with zero attached hydrogens (tertiary/aromatic N) is 4. The molecule has 98 valence electrons. The van der Waals surface area contributed by atoms with E-state index in [1.54, 1.807) is 31.3 Å². The molecule has 0 radical (unpaired) electrons. The van der Waals surface area contributed by atoms with Crippen LogP contribution in [-0.2, 0) is 4.79 Å². The number of nitrogen functional groups attached to an aromatic ring is 1.